The van der Waals surface area contributed by atoms with E-state index >= 15 is 0 Å². The molecule has 6 heteroatoms. The first-order valence-electron chi connectivity index (χ1n) is 7.00. The Kier molecular flexibility index (Phi) is 5.76. The van der Waals surface area contributed by atoms with Crippen molar-refractivity contribution in [3.8, 4) is 0 Å². The molecule has 0 saturated carbocycles. The molecule has 2 aromatic heterocycles. The van der Waals surface area contributed by atoms with Crippen LogP contribution in [0.3, 0.4) is 0 Å². The first-order chi connectivity index (χ1) is 10.1. The molecular weight excluding hydrogens is 300 g/mol. The van der Waals surface area contributed by atoms with Crippen LogP contribution in [0.5, 0.6) is 0 Å². The highest BCUT2D eigenvalue weighted by molar-refractivity contribution is 7.11. The number of rotatable bonds is 5. The van der Waals surface area contributed by atoms with Gasteiger partial charge in [0.2, 0.25) is 0 Å². The molecule has 1 unspecified atom stereocenters. The van der Waals surface area contributed by atoms with E-state index in [9.17, 15) is 0 Å². The van der Waals surface area contributed by atoms with Crippen molar-refractivity contribution in [2.24, 2.45) is 4.99 Å². The monoisotopic (exact) mass is 322 g/mol. The maximum atomic E-state index is 4.44. The summed E-state index contributed by atoms with van der Waals surface area (Å²) < 4.78 is 0. The van der Waals surface area contributed by atoms with Crippen LogP contribution >= 0.6 is 22.7 Å². The zero-order valence-corrected chi connectivity index (χ0v) is 14.6. The number of thiazole rings is 1. The number of nitrogens with zero attached hydrogens (tertiary/aromatic N) is 2. The topological polar surface area (TPSA) is 49.3 Å². The highest BCUT2D eigenvalue weighted by Gasteiger charge is 2.08. The van der Waals surface area contributed by atoms with E-state index in [1.807, 2.05) is 18.3 Å². The molecule has 4 nitrogen and oxygen atoms in total. The number of aryl methyl sites for hydroxylation is 2. The fourth-order valence-electron chi connectivity index (χ4n) is 2.02. The van der Waals surface area contributed by atoms with E-state index < -0.39 is 0 Å². The van der Waals surface area contributed by atoms with Crippen LogP contribution in [0.2, 0.25) is 0 Å². The fraction of sp³-hybridized carbons (Fsp3) is 0.467. The maximum Gasteiger partial charge on any atom is 0.191 e. The number of thiophene rings is 1. The van der Waals surface area contributed by atoms with Crippen molar-refractivity contribution < 1.29 is 0 Å². The van der Waals surface area contributed by atoms with Gasteiger partial charge in [-0.25, -0.2) is 4.98 Å². The van der Waals surface area contributed by atoms with Gasteiger partial charge in [-0.05, 0) is 32.9 Å². The smallest absolute Gasteiger partial charge is 0.191 e. The largest absolute Gasteiger partial charge is 0.354 e. The van der Waals surface area contributed by atoms with Gasteiger partial charge in [0.25, 0.3) is 0 Å². The van der Waals surface area contributed by atoms with Crippen molar-refractivity contribution in [3.05, 3.63) is 38.0 Å². The molecule has 0 aromatic carbocycles. The number of aliphatic imine (C=N–C) groups is 1. The van der Waals surface area contributed by atoms with Crippen LogP contribution in [0, 0.1) is 13.8 Å². The van der Waals surface area contributed by atoms with E-state index in [1.54, 1.807) is 18.4 Å². The van der Waals surface area contributed by atoms with Crippen LogP contribution in [0.25, 0.3) is 0 Å². The van der Waals surface area contributed by atoms with E-state index in [1.165, 1.54) is 9.75 Å². The minimum atomic E-state index is 0.340. The lowest BCUT2D eigenvalue weighted by Gasteiger charge is -2.16. The van der Waals surface area contributed by atoms with Gasteiger partial charge in [-0.1, -0.05) is 0 Å². The summed E-state index contributed by atoms with van der Waals surface area (Å²) in [5.74, 6) is 0.823. The van der Waals surface area contributed by atoms with Crippen LogP contribution in [0.15, 0.2) is 22.5 Å². The second-order valence-electron chi connectivity index (χ2n) is 5.07. The molecule has 0 spiro atoms. The number of aromatic nitrogens is 1. The normalized spacial score (nSPS) is 13.2. The second-order valence-corrected chi connectivity index (χ2v) is 7.39. The number of nitrogens with one attached hydrogen (secondary N) is 2. The number of guanidine groups is 1. The Morgan fingerprint density at radius 2 is 2.19 bits per heavy atom. The Morgan fingerprint density at radius 3 is 2.76 bits per heavy atom. The molecule has 21 heavy (non-hydrogen) atoms. The summed E-state index contributed by atoms with van der Waals surface area (Å²) in [6.07, 6.45) is 1.01. The van der Waals surface area contributed by atoms with Gasteiger partial charge in [-0.3, -0.25) is 4.99 Å². The third-order valence-electron chi connectivity index (χ3n) is 2.98. The summed E-state index contributed by atoms with van der Waals surface area (Å²) in [5, 5.41) is 9.88. The zero-order chi connectivity index (χ0) is 15.2. The van der Waals surface area contributed by atoms with E-state index in [0.29, 0.717) is 12.6 Å². The van der Waals surface area contributed by atoms with E-state index in [0.717, 1.165) is 23.1 Å². The Morgan fingerprint density at radius 1 is 1.38 bits per heavy atom. The fourth-order valence-corrected chi connectivity index (χ4v) is 3.75. The maximum absolute atomic E-state index is 4.44. The molecule has 0 aliphatic carbocycles. The van der Waals surface area contributed by atoms with Crippen LogP contribution < -0.4 is 10.6 Å². The van der Waals surface area contributed by atoms with Gasteiger partial charge in [0, 0.05) is 40.3 Å². The molecule has 0 saturated heterocycles. The molecule has 0 radical (unpaired) electrons. The van der Waals surface area contributed by atoms with Gasteiger partial charge in [0.1, 0.15) is 5.01 Å². The Balaban J connectivity index is 1.81. The number of hydrogen-bond acceptors (Lipinski definition) is 4. The molecule has 0 fully saturated rings. The summed E-state index contributed by atoms with van der Waals surface area (Å²) in [4.78, 5) is 11.5. The molecule has 0 amide bonds. The molecular formula is C15H22N4S2. The SMILES string of the molecule is CN=C(NCc1nc(C)cs1)NC(C)Cc1ccc(C)s1. The first-order valence-corrected chi connectivity index (χ1v) is 8.70. The third-order valence-corrected chi connectivity index (χ3v) is 4.97. The van der Waals surface area contributed by atoms with Gasteiger partial charge in [0.05, 0.1) is 6.54 Å². The molecule has 114 valence electrons. The van der Waals surface area contributed by atoms with Crippen LogP contribution in [0.4, 0.5) is 0 Å². The van der Waals surface area contributed by atoms with Crippen LogP contribution in [0.1, 0.15) is 27.4 Å². The van der Waals surface area contributed by atoms with Gasteiger partial charge in [-0.2, -0.15) is 0 Å². The summed E-state index contributed by atoms with van der Waals surface area (Å²) in [7, 11) is 1.80. The molecule has 2 aromatic rings. The van der Waals surface area contributed by atoms with E-state index in [-0.39, 0.29) is 0 Å². The van der Waals surface area contributed by atoms with Crippen molar-refractivity contribution in [3.63, 3.8) is 0 Å². The third kappa shape index (κ3) is 5.13. The van der Waals surface area contributed by atoms with E-state index in [2.05, 4.69) is 52.0 Å². The summed E-state index contributed by atoms with van der Waals surface area (Å²) in [6, 6.07) is 4.71. The predicted molar refractivity (Wildman–Crippen MR) is 92.4 cm³/mol. The average Bonchev–Trinajstić information content (AvgIpc) is 3.03. The lowest BCUT2D eigenvalue weighted by molar-refractivity contribution is 0.644. The lowest BCUT2D eigenvalue weighted by Crippen LogP contribution is -2.42. The molecule has 0 bridgehead atoms. The highest BCUT2D eigenvalue weighted by atomic mass is 32.1. The summed E-state index contributed by atoms with van der Waals surface area (Å²) in [6.45, 7) is 7.04. The second kappa shape index (κ2) is 7.56. The quantitative estimate of drug-likeness (QED) is 0.657. The van der Waals surface area contributed by atoms with Crippen molar-refractivity contribution in [1.82, 2.24) is 15.6 Å². The van der Waals surface area contributed by atoms with Crippen LogP contribution in [-0.4, -0.2) is 24.0 Å². The zero-order valence-electron chi connectivity index (χ0n) is 12.9. The van der Waals surface area contributed by atoms with Crippen molar-refractivity contribution in [2.45, 2.75) is 39.8 Å². The van der Waals surface area contributed by atoms with E-state index in [4.69, 9.17) is 0 Å². The minimum absolute atomic E-state index is 0.340. The van der Waals surface area contributed by atoms with Crippen molar-refractivity contribution >= 4 is 28.6 Å². The Labute approximate surface area is 134 Å². The standard InChI is InChI=1S/C15H22N4S2/c1-10(7-13-6-5-12(3)21-13)19-15(16-4)17-8-14-18-11(2)9-20-14/h5-6,9-10H,7-8H2,1-4H3,(H2,16,17,19). The summed E-state index contributed by atoms with van der Waals surface area (Å²) >= 11 is 3.53. The Bertz CT molecular complexity index is 600. The molecule has 2 heterocycles. The van der Waals surface area contributed by atoms with Crippen LogP contribution in [-0.2, 0) is 13.0 Å². The molecule has 0 aliphatic rings. The van der Waals surface area contributed by atoms with Gasteiger partial charge < -0.3 is 10.6 Å². The average molecular weight is 323 g/mol. The van der Waals surface area contributed by atoms with Gasteiger partial charge in [-0.15, -0.1) is 22.7 Å². The molecule has 2 N–H and O–H groups in total. The van der Waals surface area contributed by atoms with Crippen molar-refractivity contribution in [1.29, 1.82) is 0 Å². The van der Waals surface area contributed by atoms with Gasteiger partial charge in [0.15, 0.2) is 5.96 Å². The molecule has 2 rings (SSSR count). The lowest BCUT2D eigenvalue weighted by atomic mass is 10.2. The number of hydrogen-bond donors (Lipinski definition) is 2. The first kappa shape index (κ1) is 16.0. The predicted octanol–water partition coefficient (Wildman–Crippen LogP) is 3.12. The summed E-state index contributed by atoms with van der Waals surface area (Å²) in [5.41, 5.74) is 1.07. The molecule has 0 aliphatic heterocycles. The highest BCUT2D eigenvalue weighted by Crippen LogP contribution is 2.16. The minimum Gasteiger partial charge on any atom is -0.354 e. The Hall–Kier alpha value is -1.40. The molecule has 1 atom stereocenters. The van der Waals surface area contributed by atoms with Gasteiger partial charge >= 0.3 is 0 Å². The van der Waals surface area contributed by atoms with Crippen molar-refractivity contribution in [2.75, 3.05) is 7.05 Å².